The Hall–Kier alpha value is 0.190. The molecule has 0 N–H and O–H groups in total. The summed E-state index contributed by atoms with van der Waals surface area (Å²) in [6.45, 7) is 3.31. The SMILES string of the molecule is C=CSP=O. The second-order valence-electron chi connectivity index (χ2n) is 0.347. The highest BCUT2D eigenvalue weighted by Gasteiger charge is 1.61. The van der Waals surface area contributed by atoms with Gasteiger partial charge in [-0.25, -0.2) is 0 Å². The van der Waals surface area contributed by atoms with Crippen LogP contribution in [0.2, 0.25) is 0 Å². The predicted octanol–water partition coefficient (Wildman–Crippen LogP) is 2.07. The van der Waals surface area contributed by atoms with Crippen molar-refractivity contribution in [1.82, 2.24) is 0 Å². The molecule has 3 heteroatoms. The molecule has 0 aromatic heterocycles. The monoisotopic (exact) mass is 106 g/mol. The number of rotatable bonds is 2. The first-order valence-corrected chi connectivity index (χ1v) is 3.31. The van der Waals surface area contributed by atoms with E-state index in [0.29, 0.717) is 0 Å². The first-order valence-electron chi connectivity index (χ1n) is 1.01. The summed E-state index contributed by atoms with van der Waals surface area (Å²) in [5, 5.41) is 1.52. The minimum absolute atomic E-state index is 0.0783. The largest absolute Gasteiger partial charge is 0.262 e. The van der Waals surface area contributed by atoms with Crippen LogP contribution in [0, 0.1) is 0 Å². The lowest BCUT2D eigenvalue weighted by atomic mass is 11.3. The minimum Gasteiger partial charge on any atom is -0.262 e. The third kappa shape index (κ3) is 4.19. The van der Waals surface area contributed by atoms with E-state index in [2.05, 4.69) is 6.58 Å². The van der Waals surface area contributed by atoms with Gasteiger partial charge in [-0.15, -0.1) is 0 Å². The lowest BCUT2D eigenvalue weighted by Crippen LogP contribution is -1.13. The smallest absolute Gasteiger partial charge is 0.231 e. The summed E-state index contributed by atoms with van der Waals surface area (Å²) >= 11 is 1.14. The van der Waals surface area contributed by atoms with Crippen LogP contribution in [0.15, 0.2) is 12.0 Å². The Morgan fingerprint density at radius 3 is 2.60 bits per heavy atom. The van der Waals surface area contributed by atoms with Gasteiger partial charge in [0.05, 0.1) is 0 Å². The molecule has 0 aliphatic rings. The first-order chi connectivity index (χ1) is 2.41. The van der Waals surface area contributed by atoms with E-state index in [4.69, 9.17) is 0 Å². The van der Waals surface area contributed by atoms with E-state index in [1.807, 2.05) is 0 Å². The molecular weight excluding hydrogens is 103 g/mol. The highest BCUT2D eigenvalue weighted by molar-refractivity contribution is 8.47. The van der Waals surface area contributed by atoms with Gasteiger partial charge in [0.2, 0.25) is 7.66 Å². The Balaban J connectivity index is 2.65. The standard InChI is InChI=1S/C2H3OPS/c1-2-5-4-3/h2H,1H2. The highest BCUT2D eigenvalue weighted by Crippen LogP contribution is 2.15. The van der Waals surface area contributed by atoms with E-state index in [9.17, 15) is 4.57 Å². The number of hydrogen-bond acceptors (Lipinski definition) is 2. The van der Waals surface area contributed by atoms with Gasteiger partial charge in [-0.3, -0.25) is 4.57 Å². The van der Waals surface area contributed by atoms with Gasteiger partial charge in [0.15, 0.2) is 0 Å². The van der Waals surface area contributed by atoms with E-state index in [1.54, 1.807) is 0 Å². The Morgan fingerprint density at radius 1 is 2.00 bits per heavy atom. The van der Waals surface area contributed by atoms with Gasteiger partial charge in [-0.2, -0.15) is 0 Å². The molecule has 28 valence electrons. The minimum atomic E-state index is 0.0783. The van der Waals surface area contributed by atoms with Gasteiger partial charge < -0.3 is 0 Å². The van der Waals surface area contributed by atoms with E-state index in [0.717, 1.165) is 11.4 Å². The van der Waals surface area contributed by atoms with Gasteiger partial charge in [0.1, 0.15) is 0 Å². The summed E-state index contributed by atoms with van der Waals surface area (Å²) in [7, 11) is 0.0783. The maximum atomic E-state index is 9.39. The molecule has 0 saturated heterocycles. The van der Waals surface area contributed by atoms with Crippen molar-refractivity contribution >= 4 is 19.0 Å². The molecule has 0 aliphatic carbocycles. The van der Waals surface area contributed by atoms with Crippen molar-refractivity contribution in [3.63, 3.8) is 0 Å². The Kier molecular flexibility index (Phi) is 4.35. The van der Waals surface area contributed by atoms with Gasteiger partial charge in [-0.1, -0.05) is 6.58 Å². The summed E-state index contributed by atoms with van der Waals surface area (Å²) in [5.41, 5.74) is 0. The van der Waals surface area contributed by atoms with Crippen LogP contribution in [0.4, 0.5) is 0 Å². The lowest BCUT2D eigenvalue weighted by molar-refractivity contribution is 0.605. The second kappa shape index (κ2) is 4.19. The molecule has 0 aromatic carbocycles. The summed E-state index contributed by atoms with van der Waals surface area (Å²) in [4.78, 5) is 0. The van der Waals surface area contributed by atoms with Gasteiger partial charge in [0, 0.05) is 0 Å². The Bertz CT molecular complexity index is 38.9. The van der Waals surface area contributed by atoms with E-state index >= 15 is 0 Å². The summed E-state index contributed by atoms with van der Waals surface area (Å²) < 4.78 is 9.39. The van der Waals surface area contributed by atoms with Crippen LogP contribution >= 0.6 is 19.0 Å². The topological polar surface area (TPSA) is 17.1 Å². The van der Waals surface area contributed by atoms with Crippen molar-refractivity contribution in [2.45, 2.75) is 0 Å². The molecule has 0 aliphatic heterocycles. The van der Waals surface area contributed by atoms with Crippen LogP contribution in [0.1, 0.15) is 0 Å². The van der Waals surface area contributed by atoms with Gasteiger partial charge in [0.25, 0.3) is 0 Å². The summed E-state index contributed by atoms with van der Waals surface area (Å²) in [6, 6.07) is 0. The summed E-state index contributed by atoms with van der Waals surface area (Å²) in [6.07, 6.45) is 0. The van der Waals surface area contributed by atoms with Crippen molar-refractivity contribution in [3.8, 4) is 0 Å². The van der Waals surface area contributed by atoms with Crippen molar-refractivity contribution in [2.24, 2.45) is 0 Å². The van der Waals surface area contributed by atoms with E-state index in [1.165, 1.54) is 5.41 Å². The van der Waals surface area contributed by atoms with Crippen molar-refractivity contribution in [2.75, 3.05) is 0 Å². The maximum Gasteiger partial charge on any atom is 0.231 e. The molecule has 0 heterocycles. The van der Waals surface area contributed by atoms with E-state index in [-0.39, 0.29) is 7.66 Å². The summed E-state index contributed by atoms with van der Waals surface area (Å²) in [5.74, 6) is 0. The van der Waals surface area contributed by atoms with Crippen molar-refractivity contribution in [3.05, 3.63) is 12.0 Å². The Morgan fingerprint density at radius 2 is 2.60 bits per heavy atom. The molecule has 0 saturated carbocycles. The first kappa shape index (κ1) is 5.19. The van der Waals surface area contributed by atoms with Gasteiger partial charge >= 0.3 is 0 Å². The fourth-order valence-electron chi connectivity index (χ4n) is 0.0304. The molecule has 0 rings (SSSR count). The van der Waals surface area contributed by atoms with E-state index < -0.39 is 0 Å². The third-order valence-corrected chi connectivity index (χ3v) is 1.06. The highest BCUT2D eigenvalue weighted by atomic mass is 32.7. The predicted molar refractivity (Wildman–Crippen MR) is 25.4 cm³/mol. The molecule has 0 unspecified atom stereocenters. The van der Waals surface area contributed by atoms with Crippen LogP contribution in [0.5, 0.6) is 0 Å². The lowest BCUT2D eigenvalue weighted by Gasteiger charge is -1.57. The zero-order valence-electron chi connectivity index (χ0n) is 2.55. The Labute approximate surface area is 36.4 Å². The molecule has 0 bridgehead atoms. The van der Waals surface area contributed by atoms with Crippen LogP contribution in [0.25, 0.3) is 0 Å². The fraction of sp³-hybridized carbons (Fsp3) is 0. The quantitative estimate of drug-likeness (QED) is 0.501. The van der Waals surface area contributed by atoms with Crippen LogP contribution < -0.4 is 0 Å². The molecular formula is C2H3OPS. The molecule has 1 nitrogen and oxygen atoms in total. The molecule has 0 radical (unpaired) electrons. The molecule has 0 spiro atoms. The van der Waals surface area contributed by atoms with Crippen molar-refractivity contribution in [1.29, 1.82) is 0 Å². The molecule has 0 atom stereocenters. The molecule has 0 fully saturated rings. The van der Waals surface area contributed by atoms with Crippen molar-refractivity contribution < 1.29 is 4.57 Å². The zero-order valence-corrected chi connectivity index (χ0v) is 4.26. The average Bonchev–Trinajstić information content (AvgIpc) is 1.41. The molecule has 5 heavy (non-hydrogen) atoms. The maximum absolute atomic E-state index is 9.39. The molecule has 0 amide bonds. The third-order valence-electron chi connectivity index (χ3n) is 0.118. The van der Waals surface area contributed by atoms with Crippen LogP contribution in [-0.4, -0.2) is 0 Å². The van der Waals surface area contributed by atoms with Crippen LogP contribution in [0.3, 0.4) is 0 Å². The second-order valence-corrected chi connectivity index (χ2v) is 2.12. The molecule has 0 aromatic rings. The zero-order chi connectivity index (χ0) is 4.12. The number of hydrogen-bond donors (Lipinski definition) is 0. The normalized spacial score (nSPS) is 8.00. The van der Waals surface area contributed by atoms with Crippen LogP contribution in [-0.2, 0) is 4.57 Å². The fourth-order valence-corrected chi connectivity index (χ4v) is 0.274. The van der Waals surface area contributed by atoms with Gasteiger partial charge in [-0.05, 0) is 16.8 Å². The average molecular weight is 106 g/mol.